The molecule has 0 spiro atoms. The van der Waals surface area contributed by atoms with Crippen LogP contribution in [0.2, 0.25) is 0 Å². The summed E-state index contributed by atoms with van der Waals surface area (Å²) in [5, 5.41) is 41.3. The highest BCUT2D eigenvalue weighted by atomic mass is 16.8. The molecule has 2 fully saturated rings. The Hall–Kier alpha value is -2.73. The summed E-state index contributed by atoms with van der Waals surface area (Å²) in [6.45, 7) is 4.01. The van der Waals surface area contributed by atoms with Crippen molar-refractivity contribution in [2.75, 3.05) is 13.2 Å². The fourth-order valence-electron chi connectivity index (χ4n) is 6.13. The maximum absolute atomic E-state index is 13.5. The van der Waals surface area contributed by atoms with Crippen LogP contribution in [0.3, 0.4) is 0 Å². The first-order valence-corrected chi connectivity index (χ1v) is 12.3. The minimum Gasteiger partial charge on any atom is -0.471 e. The third-order valence-electron chi connectivity index (χ3n) is 8.04. The van der Waals surface area contributed by atoms with Crippen molar-refractivity contribution in [3.8, 4) is 0 Å². The van der Waals surface area contributed by atoms with Crippen LogP contribution < -0.4 is 0 Å². The molecule has 36 heavy (non-hydrogen) atoms. The molecule has 9 atom stereocenters. The number of nitrogens with one attached hydrogen (secondary N) is 1. The molecule has 4 aliphatic rings. The van der Waals surface area contributed by atoms with Gasteiger partial charge in [0.15, 0.2) is 6.29 Å². The Morgan fingerprint density at radius 2 is 1.97 bits per heavy atom. The molecule has 10 heteroatoms. The Morgan fingerprint density at radius 1 is 1.17 bits per heavy atom. The van der Waals surface area contributed by atoms with Gasteiger partial charge in [-0.2, -0.15) is 0 Å². The van der Waals surface area contributed by atoms with E-state index in [-0.39, 0.29) is 17.9 Å². The number of benzene rings is 1. The fraction of sp³-hybridized carbons (Fsp3) is 0.500. The highest BCUT2D eigenvalue weighted by Crippen LogP contribution is 2.48. The van der Waals surface area contributed by atoms with Gasteiger partial charge in [0.1, 0.15) is 24.4 Å². The largest absolute Gasteiger partial charge is 0.471 e. The van der Waals surface area contributed by atoms with Crippen molar-refractivity contribution in [1.29, 1.82) is 0 Å². The Bertz CT molecular complexity index is 1210. The first kappa shape index (κ1) is 23.7. The fourth-order valence-corrected chi connectivity index (χ4v) is 6.13. The summed E-state index contributed by atoms with van der Waals surface area (Å²) in [6, 6.07) is 8.01. The number of aliphatic hydroxyl groups is 4. The van der Waals surface area contributed by atoms with Crippen LogP contribution in [0.1, 0.15) is 23.7 Å². The second kappa shape index (κ2) is 8.98. The molecule has 5 heterocycles. The smallest absolute Gasteiger partial charge is 0.253 e. The summed E-state index contributed by atoms with van der Waals surface area (Å²) in [5.41, 5.74) is 3.89. The van der Waals surface area contributed by atoms with Gasteiger partial charge in [0.05, 0.1) is 24.5 Å². The van der Waals surface area contributed by atoms with Crippen molar-refractivity contribution in [3.05, 3.63) is 60.0 Å². The molecule has 5 N–H and O–H groups in total. The van der Waals surface area contributed by atoms with Crippen LogP contribution >= 0.6 is 0 Å². The number of ether oxygens (including phenoxy) is 3. The Kier molecular flexibility index (Phi) is 5.90. The van der Waals surface area contributed by atoms with E-state index in [1.165, 1.54) is 17.2 Å². The normalized spacial score (nSPS) is 38.0. The van der Waals surface area contributed by atoms with E-state index in [4.69, 9.17) is 14.2 Å². The number of hydrogen-bond acceptors (Lipinski definition) is 8. The van der Waals surface area contributed by atoms with Crippen LogP contribution in [-0.2, 0) is 25.4 Å². The predicted octanol–water partition coefficient (Wildman–Crippen LogP) is 0.473. The third-order valence-corrected chi connectivity index (χ3v) is 8.04. The average Bonchev–Trinajstić information content (AvgIpc) is 3.28. The molecule has 2 aromatic rings. The molecule has 4 aliphatic heterocycles. The number of para-hydroxylation sites is 1. The molecule has 6 rings (SSSR count). The van der Waals surface area contributed by atoms with Gasteiger partial charge in [0.25, 0.3) is 5.91 Å². The van der Waals surface area contributed by atoms with E-state index in [1.807, 2.05) is 23.1 Å². The summed E-state index contributed by atoms with van der Waals surface area (Å²) in [7, 11) is 0. The number of fused-ring (bicyclic) bond motifs is 6. The molecule has 0 saturated carbocycles. The van der Waals surface area contributed by atoms with E-state index in [0.29, 0.717) is 18.5 Å². The molecule has 10 nitrogen and oxygen atoms in total. The first-order chi connectivity index (χ1) is 17.4. The highest BCUT2D eigenvalue weighted by Gasteiger charge is 2.51. The number of H-pyrrole nitrogens is 1. The van der Waals surface area contributed by atoms with Crippen molar-refractivity contribution in [1.82, 2.24) is 9.88 Å². The maximum atomic E-state index is 13.5. The van der Waals surface area contributed by atoms with Gasteiger partial charge < -0.3 is 44.5 Å². The zero-order valence-corrected chi connectivity index (χ0v) is 19.6. The van der Waals surface area contributed by atoms with Gasteiger partial charge in [-0.15, -0.1) is 6.58 Å². The number of rotatable bonds is 4. The standard InChI is InChI=1S/C26H30N2O8/c1-2-12-15-9-18-20-14(13-5-3-4-6-17(13)27-20)7-8-28(18)24(33)16(15)11-34-25(12)36-26-23(32)22(31)21(30)19(10-29)35-26/h2-6,11-12,15,18-19,21-23,25-27,29-32H,1,7-10H2/t12?,15-,18+,19?,21?,22?,23?,25?,26?/m1/s1. The van der Waals surface area contributed by atoms with Crippen molar-refractivity contribution in [2.24, 2.45) is 11.8 Å². The van der Waals surface area contributed by atoms with Crippen LogP contribution in [0.4, 0.5) is 0 Å². The van der Waals surface area contributed by atoms with Crippen LogP contribution in [0, 0.1) is 11.8 Å². The van der Waals surface area contributed by atoms with Gasteiger partial charge in [-0.05, 0) is 24.5 Å². The molecule has 1 aromatic carbocycles. The van der Waals surface area contributed by atoms with Crippen LogP contribution in [-0.4, -0.2) is 86.4 Å². The molecule has 2 saturated heterocycles. The lowest BCUT2D eigenvalue weighted by atomic mass is 9.74. The van der Waals surface area contributed by atoms with Crippen molar-refractivity contribution in [3.63, 3.8) is 0 Å². The number of aromatic nitrogens is 1. The van der Waals surface area contributed by atoms with E-state index in [2.05, 4.69) is 17.6 Å². The zero-order valence-electron chi connectivity index (χ0n) is 19.6. The SMILES string of the molecule is C=CC1C(OC2OC(CO)C(O)C(O)C2O)OC=C2C(=O)N3CCc4c([nH]c5ccccc45)[C@@H]3C[C@@H]21. The molecule has 1 aromatic heterocycles. The third kappa shape index (κ3) is 3.52. The summed E-state index contributed by atoms with van der Waals surface area (Å²) in [6.07, 6.45) is -3.53. The molecule has 0 bridgehead atoms. The second-order valence-corrected chi connectivity index (χ2v) is 9.89. The first-order valence-electron chi connectivity index (χ1n) is 12.3. The second-order valence-electron chi connectivity index (χ2n) is 9.89. The van der Waals surface area contributed by atoms with Gasteiger partial charge in [-0.25, -0.2) is 0 Å². The molecule has 192 valence electrons. The van der Waals surface area contributed by atoms with Crippen LogP contribution in [0.25, 0.3) is 10.9 Å². The average molecular weight is 499 g/mol. The molecule has 0 aliphatic carbocycles. The summed E-state index contributed by atoms with van der Waals surface area (Å²) in [4.78, 5) is 19.0. The number of amides is 1. The maximum Gasteiger partial charge on any atom is 0.253 e. The minimum absolute atomic E-state index is 0.0845. The van der Waals surface area contributed by atoms with Crippen LogP contribution in [0.15, 0.2) is 48.8 Å². The minimum atomic E-state index is -1.56. The van der Waals surface area contributed by atoms with Crippen LogP contribution in [0.5, 0.6) is 0 Å². The van der Waals surface area contributed by atoms with Gasteiger partial charge in [-0.1, -0.05) is 24.3 Å². The van der Waals surface area contributed by atoms with Crippen molar-refractivity contribution < 1.29 is 39.4 Å². The Labute approximate surface area is 207 Å². The number of aliphatic hydroxyl groups excluding tert-OH is 4. The van der Waals surface area contributed by atoms with E-state index >= 15 is 0 Å². The monoisotopic (exact) mass is 498 g/mol. The number of carbonyl (C=O) groups excluding carboxylic acids is 1. The van der Waals surface area contributed by atoms with Crippen molar-refractivity contribution in [2.45, 2.75) is 55.9 Å². The molecular formula is C26H30N2O8. The summed E-state index contributed by atoms with van der Waals surface area (Å²) < 4.78 is 17.2. The van der Waals surface area contributed by atoms with Gasteiger partial charge in [0.2, 0.25) is 6.29 Å². The number of carbonyl (C=O) groups is 1. The van der Waals surface area contributed by atoms with E-state index in [9.17, 15) is 25.2 Å². The lowest BCUT2D eigenvalue weighted by molar-refractivity contribution is -0.339. The number of nitrogens with zero attached hydrogens (tertiary/aromatic N) is 1. The molecular weight excluding hydrogens is 468 g/mol. The molecule has 1 amide bonds. The predicted molar refractivity (Wildman–Crippen MR) is 126 cm³/mol. The number of hydrogen-bond donors (Lipinski definition) is 5. The summed E-state index contributed by atoms with van der Waals surface area (Å²) in [5.74, 6) is -0.783. The summed E-state index contributed by atoms with van der Waals surface area (Å²) >= 11 is 0. The Balaban J connectivity index is 1.28. The Morgan fingerprint density at radius 3 is 2.75 bits per heavy atom. The van der Waals surface area contributed by atoms with E-state index < -0.39 is 49.5 Å². The van der Waals surface area contributed by atoms with Gasteiger partial charge in [0, 0.05) is 35.0 Å². The van der Waals surface area contributed by atoms with Gasteiger partial charge >= 0.3 is 0 Å². The lowest BCUT2D eigenvalue weighted by Gasteiger charge is -2.48. The zero-order chi connectivity index (χ0) is 25.1. The quantitative estimate of drug-likeness (QED) is 0.383. The number of piperidine rings is 1. The topological polar surface area (TPSA) is 145 Å². The molecule has 7 unspecified atom stereocenters. The lowest BCUT2D eigenvalue weighted by Crippen LogP contribution is -2.60. The van der Waals surface area contributed by atoms with Crippen molar-refractivity contribution >= 4 is 16.8 Å². The van der Waals surface area contributed by atoms with E-state index in [1.54, 1.807) is 6.08 Å². The van der Waals surface area contributed by atoms with E-state index in [0.717, 1.165) is 17.6 Å². The van der Waals surface area contributed by atoms with Gasteiger partial charge in [-0.3, -0.25) is 4.79 Å². The highest BCUT2D eigenvalue weighted by molar-refractivity contribution is 5.96. The number of aromatic amines is 1. The molecule has 0 radical (unpaired) electrons.